The second-order valence-corrected chi connectivity index (χ2v) is 11.6. The number of benzene rings is 1. The van der Waals surface area contributed by atoms with Crippen LogP contribution in [0.2, 0.25) is 19.6 Å². The number of hydrogen-bond donors (Lipinski definition) is 1. The van der Waals surface area contributed by atoms with Crippen molar-refractivity contribution in [2.24, 2.45) is 0 Å². The fourth-order valence-electron chi connectivity index (χ4n) is 2.18. The summed E-state index contributed by atoms with van der Waals surface area (Å²) in [6, 6.07) is 13.3. The zero-order valence-corrected chi connectivity index (χ0v) is 14.2. The Morgan fingerprint density at radius 2 is 1.70 bits per heavy atom. The van der Waals surface area contributed by atoms with E-state index in [1.165, 1.54) is 10.8 Å². The van der Waals surface area contributed by atoms with E-state index in [1.807, 2.05) is 19.1 Å². The third kappa shape index (κ3) is 3.84. The lowest BCUT2D eigenvalue weighted by Crippen LogP contribution is -2.37. The molecule has 1 aromatic carbocycles. The Kier molecular flexibility index (Phi) is 4.51. The number of aryl methyl sites for hydroxylation is 1. The van der Waals surface area contributed by atoms with Crippen molar-refractivity contribution in [3.8, 4) is 0 Å². The topological polar surface area (TPSA) is 25.2 Å². The predicted molar refractivity (Wildman–Crippen MR) is 88.1 cm³/mol. The first-order chi connectivity index (χ1) is 9.36. The summed E-state index contributed by atoms with van der Waals surface area (Å²) in [6.45, 7) is 12.1. The summed E-state index contributed by atoms with van der Waals surface area (Å²) in [4.78, 5) is 0. The van der Waals surface area contributed by atoms with Crippen molar-refractivity contribution in [2.45, 2.75) is 46.1 Å². The molecule has 0 fully saturated rings. The quantitative estimate of drug-likeness (QED) is 0.841. The number of hydrogen-bond acceptors (Lipinski definition) is 2. The van der Waals surface area contributed by atoms with E-state index in [4.69, 9.17) is 4.42 Å². The maximum atomic E-state index is 5.64. The van der Waals surface area contributed by atoms with Gasteiger partial charge in [-0.2, -0.15) is 0 Å². The normalized spacial score (nSPS) is 13.4. The van der Waals surface area contributed by atoms with E-state index in [9.17, 15) is 0 Å². The van der Waals surface area contributed by atoms with Gasteiger partial charge in [-0.05, 0) is 31.5 Å². The summed E-state index contributed by atoms with van der Waals surface area (Å²) in [5.74, 6) is 1.97. The van der Waals surface area contributed by atoms with Crippen LogP contribution in [0.5, 0.6) is 0 Å². The maximum Gasteiger partial charge on any atom is 0.120 e. The molecule has 0 aliphatic carbocycles. The number of rotatable bonds is 5. The molecule has 1 atom stereocenters. The molecule has 1 aromatic heterocycles. The fraction of sp³-hybridized carbons (Fsp3) is 0.412. The second kappa shape index (κ2) is 5.98. The van der Waals surface area contributed by atoms with Gasteiger partial charge in [-0.3, -0.25) is 0 Å². The lowest BCUT2D eigenvalue weighted by Gasteiger charge is -2.17. The second-order valence-electron chi connectivity index (χ2n) is 6.50. The van der Waals surface area contributed by atoms with Crippen molar-refractivity contribution in [1.82, 2.24) is 5.32 Å². The van der Waals surface area contributed by atoms with E-state index in [0.29, 0.717) is 0 Å². The van der Waals surface area contributed by atoms with E-state index in [2.05, 4.69) is 56.1 Å². The van der Waals surface area contributed by atoms with Crippen LogP contribution >= 0.6 is 0 Å². The molecule has 0 bridgehead atoms. The highest BCUT2D eigenvalue weighted by atomic mass is 28.3. The minimum absolute atomic E-state index is 0.236. The highest BCUT2D eigenvalue weighted by Gasteiger charge is 2.15. The Balaban J connectivity index is 1.94. The van der Waals surface area contributed by atoms with Crippen molar-refractivity contribution in [1.29, 1.82) is 0 Å². The minimum Gasteiger partial charge on any atom is -0.465 e. The summed E-state index contributed by atoms with van der Waals surface area (Å²) in [5.41, 5.74) is 1.32. The van der Waals surface area contributed by atoms with Crippen LogP contribution < -0.4 is 10.5 Å². The highest BCUT2D eigenvalue weighted by molar-refractivity contribution is 6.88. The molecule has 1 heterocycles. The van der Waals surface area contributed by atoms with Crippen LogP contribution in [-0.2, 0) is 6.54 Å². The Labute approximate surface area is 123 Å². The molecule has 3 heteroatoms. The molecule has 2 aromatic rings. The molecule has 0 spiro atoms. The Morgan fingerprint density at radius 1 is 1.05 bits per heavy atom. The lowest BCUT2D eigenvalue weighted by molar-refractivity contribution is 0.416. The van der Waals surface area contributed by atoms with Gasteiger partial charge >= 0.3 is 0 Å². The van der Waals surface area contributed by atoms with Crippen LogP contribution in [0.3, 0.4) is 0 Å². The van der Waals surface area contributed by atoms with Crippen LogP contribution in [0.25, 0.3) is 0 Å². The molecule has 0 aliphatic rings. The van der Waals surface area contributed by atoms with Crippen LogP contribution in [0.1, 0.15) is 30.0 Å². The van der Waals surface area contributed by atoms with Crippen LogP contribution in [-0.4, -0.2) is 8.07 Å². The van der Waals surface area contributed by atoms with Crippen molar-refractivity contribution in [3.63, 3.8) is 0 Å². The lowest BCUT2D eigenvalue weighted by atomic mass is 10.2. The summed E-state index contributed by atoms with van der Waals surface area (Å²) in [7, 11) is -1.19. The molecule has 108 valence electrons. The zero-order valence-electron chi connectivity index (χ0n) is 13.2. The first-order valence-corrected chi connectivity index (χ1v) is 10.8. The number of furan rings is 1. The van der Waals surface area contributed by atoms with Crippen molar-refractivity contribution >= 4 is 13.3 Å². The summed E-state index contributed by atoms with van der Waals surface area (Å²) >= 11 is 0. The first-order valence-electron chi connectivity index (χ1n) is 7.25. The van der Waals surface area contributed by atoms with Gasteiger partial charge in [-0.25, -0.2) is 0 Å². The van der Waals surface area contributed by atoms with E-state index < -0.39 is 8.07 Å². The van der Waals surface area contributed by atoms with Gasteiger partial charge in [0.15, 0.2) is 0 Å². The van der Waals surface area contributed by atoms with E-state index in [-0.39, 0.29) is 6.04 Å². The molecule has 0 aliphatic heterocycles. The minimum atomic E-state index is -1.19. The summed E-state index contributed by atoms with van der Waals surface area (Å²) in [6.07, 6.45) is 0. The molecule has 1 N–H and O–H groups in total. The summed E-state index contributed by atoms with van der Waals surface area (Å²) in [5, 5.41) is 5.01. The average molecular weight is 287 g/mol. The van der Waals surface area contributed by atoms with E-state index in [1.54, 1.807) is 0 Å². The monoisotopic (exact) mass is 287 g/mol. The molecular weight excluding hydrogens is 262 g/mol. The predicted octanol–water partition coefficient (Wildman–Crippen LogP) is 3.98. The van der Waals surface area contributed by atoms with Gasteiger partial charge in [-0.1, -0.05) is 49.1 Å². The van der Waals surface area contributed by atoms with E-state index in [0.717, 1.165) is 18.1 Å². The SMILES string of the molecule is Cc1ccc(C(C)NCc2ccc([Si](C)(C)C)cc2)o1. The van der Waals surface area contributed by atoms with Gasteiger partial charge in [0.2, 0.25) is 0 Å². The van der Waals surface area contributed by atoms with Gasteiger partial charge in [0.25, 0.3) is 0 Å². The molecule has 0 saturated heterocycles. The molecule has 0 radical (unpaired) electrons. The standard InChI is InChI=1S/C17H25NOSi/c1-13-6-11-17(19-13)14(2)18-12-15-7-9-16(10-8-15)20(3,4)5/h6-11,14,18H,12H2,1-5H3. The zero-order chi connectivity index (χ0) is 14.8. The Morgan fingerprint density at radius 3 is 2.20 bits per heavy atom. The molecule has 2 nitrogen and oxygen atoms in total. The molecular formula is C17H25NOSi. The van der Waals surface area contributed by atoms with E-state index >= 15 is 0 Å². The Bertz CT molecular complexity index is 551. The van der Waals surface area contributed by atoms with Gasteiger partial charge in [0.1, 0.15) is 11.5 Å². The highest BCUT2D eigenvalue weighted by Crippen LogP contribution is 2.16. The van der Waals surface area contributed by atoms with Gasteiger partial charge < -0.3 is 9.73 Å². The van der Waals surface area contributed by atoms with Crippen LogP contribution in [0.15, 0.2) is 40.8 Å². The molecule has 0 amide bonds. The third-order valence-corrected chi connectivity index (χ3v) is 5.69. The van der Waals surface area contributed by atoms with Crippen LogP contribution in [0, 0.1) is 6.92 Å². The van der Waals surface area contributed by atoms with Crippen LogP contribution in [0.4, 0.5) is 0 Å². The Hall–Kier alpha value is -1.32. The number of nitrogens with one attached hydrogen (secondary N) is 1. The van der Waals surface area contributed by atoms with Crippen molar-refractivity contribution in [3.05, 3.63) is 53.5 Å². The van der Waals surface area contributed by atoms with Crippen molar-refractivity contribution in [2.75, 3.05) is 0 Å². The maximum absolute atomic E-state index is 5.64. The van der Waals surface area contributed by atoms with Gasteiger partial charge in [0.05, 0.1) is 14.1 Å². The first kappa shape index (κ1) is 15.1. The van der Waals surface area contributed by atoms with Crippen molar-refractivity contribution < 1.29 is 4.42 Å². The third-order valence-electron chi connectivity index (χ3n) is 3.62. The van der Waals surface area contributed by atoms with Gasteiger partial charge in [0, 0.05) is 6.54 Å². The summed E-state index contributed by atoms with van der Waals surface area (Å²) < 4.78 is 5.64. The molecule has 2 rings (SSSR count). The fourth-order valence-corrected chi connectivity index (χ4v) is 3.35. The smallest absolute Gasteiger partial charge is 0.120 e. The molecule has 0 saturated carbocycles. The average Bonchev–Trinajstić information content (AvgIpc) is 2.82. The molecule has 20 heavy (non-hydrogen) atoms. The van der Waals surface area contributed by atoms with Gasteiger partial charge in [-0.15, -0.1) is 0 Å². The molecule has 1 unspecified atom stereocenters. The largest absolute Gasteiger partial charge is 0.465 e.